The third-order valence-corrected chi connectivity index (χ3v) is 3.07. The van der Waals surface area contributed by atoms with Crippen LogP contribution in [0, 0.1) is 0 Å². The summed E-state index contributed by atoms with van der Waals surface area (Å²) in [5.41, 5.74) is 0.234. The van der Waals surface area contributed by atoms with Gasteiger partial charge in [0.05, 0.1) is 18.9 Å². The third-order valence-electron chi connectivity index (χ3n) is 3.07. The number of ether oxygens (including phenoxy) is 2. The van der Waals surface area contributed by atoms with Gasteiger partial charge < -0.3 is 19.6 Å². The van der Waals surface area contributed by atoms with Crippen molar-refractivity contribution in [2.45, 2.75) is 40.0 Å². The average Bonchev–Trinajstić information content (AvgIpc) is 2.76. The van der Waals surface area contributed by atoms with Crippen LogP contribution in [0.5, 0.6) is 5.75 Å². The molecule has 0 saturated heterocycles. The fourth-order valence-corrected chi connectivity index (χ4v) is 1.83. The normalized spacial score (nSPS) is 12.0. The highest BCUT2D eigenvalue weighted by molar-refractivity contribution is 6.04. The predicted octanol–water partition coefficient (Wildman–Crippen LogP) is 2.59. The fourth-order valence-electron chi connectivity index (χ4n) is 1.83. The Bertz CT molecular complexity index is 492. The number of aromatic amines is 1. The lowest BCUT2D eigenvalue weighted by Crippen LogP contribution is -2.13. The van der Waals surface area contributed by atoms with Crippen LogP contribution in [0.3, 0.4) is 0 Å². The number of carbonyl (C=O) groups is 2. The summed E-state index contributed by atoms with van der Waals surface area (Å²) < 4.78 is 9.77. The second-order valence-electron chi connectivity index (χ2n) is 4.39. The van der Waals surface area contributed by atoms with Crippen LogP contribution < -0.4 is 0 Å². The van der Waals surface area contributed by atoms with E-state index < -0.39 is 11.9 Å². The van der Waals surface area contributed by atoms with Gasteiger partial charge >= 0.3 is 11.9 Å². The van der Waals surface area contributed by atoms with Gasteiger partial charge in [-0.3, -0.25) is 0 Å². The molecular weight excluding hydrogens is 262 g/mol. The van der Waals surface area contributed by atoms with Crippen molar-refractivity contribution in [3.05, 3.63) is 17.0 Å². The van der Waals surface area contributed by atoms with Crippen LogP contribution in [0.2, 0.25) is 0 Å². The maximum atomic E-state index is 11.9. The molecule has 6 nitrogen and oxygen atoms in total. The molecule has 2 N–H and O–H groups in total. The van der Waals surface area contributed by atoms with E-state index in [9.17, 15) is 14.7 Å². The van der Waals surface area contributed by atoms with Gasteiger partial charge in [-0.25, -0.2) is 9.59 Å². The van der Waals surface area contributed by atoms with Crippen LogP contribution in [0.25, 0.3) is 0 Å². The first-order chi connectivity index (χ1) is 9.47. The van der Waals surface area contributed by atoms with Crippen molar-refractivity contribution in [3.63, 3.8) is 0 Å². The van der Waals surface area contributed by atoms with E-state index in [-0.39, 0.29) is 36.1 Å². The first-order valence-corrected chi connectivity index (χ1v) is 6.76. The van der Waals surface area contributed by atoms with E-state index in [1.807, 2.05) is 13.8 Å². The Labute approximate surface area is 118 Å². The molecule has 0 radical (unpaired) electrons. The summed E-state index contributed by atoms with van der Waals surface area (Å²) in [4.78, 5) is 26.6. The number of H-pyrrole nitrogens is 1. The lowest BCUT2D eigenvalue weighted by Gasteiger charge is -2.06. The minimum atomic E-state index is -0.737. The number of hydrogen-bond donors (Lipinski definition) is 2. The smallest absolute Gasteiger partial charge is 0.355 e. The summed E-state index contributed by atoms with van der Waals surface area (Å²) in [5.74, 6) is -1.67. The van der Waals surface area contributed by atoms with Gasteiger partial charge in [-0.15, -0.1) is 0 Å². The Morgan fingerprint density at radius 3 is 2.20 bits per heavy atom. The average molecular weight is 283 g/mol. The summed E-state index contributed by atoms with van der Waals surface area (Å²) in [6, 6.07) is 0. The quantitative estimate of drug-likeness (QED) is 0.783. The maximum Gasteiger partial charge on any atom is 0.355 e. The molecule has 1 aromatic heterocycles. The Kier molecular flexibility index (Phi) is 5.61. The fraction of sp³-hybridized carbons (Fsp3) is 0.571. The molecule has 112 valence electrons. The van der Waals surface area contributed by atoms with E-state index >= 15 is 0 Å². The van der Waals surface area contributed by atoms with Crippen molar-refractivity contribution >= 4 is 11.9 Å². The number of hydrogen-bond acceptors (Lipinski definition) is 5. The second kappa shape index (κ2) is 6.98. The van der Waals surface area contributed by atoms with Gasteiger partial charge in [0.25, 0.3) is 0 Å². The molecule has 1 aromatic rings. The molecule has 0 spiro atoms. The molecular formula is C14H21NO5. The molecule has 0 aliphatic heterocycles. The highest BCUT2D eigenvalue weighted by Gasteiger charge is 2.30. The van der Waals surface area contributed by atoms with Crippen molar-refractivity contribution in [1.29, 1.82) is 0 Å². The van der Waals surface area contributed by atoms with Crippen LogP contribution in [0.4, 0.5) is 0 Å². The monoisotopic (exact) mass is 283 g/mol. The van der Waals surface area contributed by atoms with Crippen LogP contribution in [0.15, 0.2) is 0 Å². The lowest BCUT2D eigenvalue weighted by atomic mass is 10.0. The topological polar surface area (TPSA) is 88.6 Å². The van der Waals surface area contributed by atoms with E-state index in [4.69, 9.17) is 9.47 Å². The molecule has 1 atom stereocenters. The molecule has 0 amide bonds. The van der Waals surface area contributed by atoms with E-state index in [1.54, 1.807) is 13.8 Å². The Balaban J connectivity index is 3.32. The summed E-state index contributed by atoms with van der Waals surface area (Å²) in [7, 11) is 0. The standard InChI is InChI=1S/C14H21NO5/c1-5-8(4)10-12(16)9(13(17)19-6-2)11(15-10)14(18)20-7-3/h8,15-16H,5-7H2,1-4H3. The second-order valence-corrected chi connectivity index (χ2v) is 4.39. The van der Waals surface area contributed by atoms with Crippen LogP contribution in [-0.4, -0.2) is 35.2 Å². The lowest BCUT2D eigenvalue weighted by molar-refractivity contribution is 0.0473. The Morgan fingerprint density at radius 1 is 1.15 bits per heavy atom. The molecule has 0 bridgehead atoms. The molecule has 0 aliphatic rings. The number of nitrogens with one attached hydrogen (secondary N) is 1. The third kappa shape index (κ3) is 3.12. The molecule has 0 aliphatic carbocycles. The summed E-state index contributed by atoms with van der Waals surface area (Å²) in [6.45, 7) is 7.49. The SMILES string of the molecule is CCOC(=O)c1[nH]c(C(C)CC)c(O)c1C(=O)OCC. The zero-order valence-corrected chi connectivity index (χ0v) is 12.3. The van der Waals surface area contributed by atoms with E-state index in [2.05, 4.69) is 4.98 Å². The van der Waals surface area contributed by atoms with Gasteiger partial charge in [0.2, 0.25) is 0 Å². The number of rotatable bonds is 6. The zero-order chi connectivity index (χ0) is 15.3. The van der Waals surface area contributed by atoms with Crippen molar-refractivity contribution in [3.8, 4) is 5.75 Å². The van der Waals surface area contributed by atoms with Crippen LogP contribution in [0.1, 0.15) is 66.6 Å². The summed E-state index contributed by atoms with van der Waals surface area (Å²) >= 11 is 0. The van der Waals surface area contributed by atoms with Crippen molar-refractivity contribution < 1.29 is 24.2 Å². The number of aromatic hydroxyl groups is 1. The summed E-state index contributed by atoms with van der Waals surface area (Å²) in [5, 5.41) is 10.2. The number of esters is 2. The van der Waals surface area contributed by atoms with Gasteiger partial charge in [0, 0.05) is 0 Å². The predicted molar refractivity (Wildman–Crippen MR) is 73.1 cm³/mol. The first kappa shape index (κ1) is 16.1. The minimum absolute atomic E-state index is 0.0219. The van der Waals surface area contributed by atoms with Gasteiger partial charge in [0.1, 0.15) is 11.3 Å². The Hall–Kier alpha value is -1.98. The molecule has 0 fully saturated rings. The van der Waals surface area contributed by atoms with E-state index in [0.717, 1.165) is 6.42 Å². The zero-order valence-electron chi connectivity index (χ0n) is 12.3. The van der Waals surface area contributed by atoms with Gasteiger partial charge in [0.15, 0.2) is 5.75 Å². The molecule has 20 heavy (non-hydrogen) atoms. The van der Waals surface area contributed by atoms with Crippen molar-refractivity contribution in [2.75, 3.05) is 13.2 Å². The van der Waals surface area contributed by atoms with Gasteiger partial charge in [-0.05, 0) is 26.2 Å². The highest BCUT2D eigenvalue weighted by atomic mass is 16.5. The Morgan fingerprint density at radius 2 is 1.70 bits per heavy atom. The molecule has 0 saturated carbocycles. The van der Waals surface area contributed by atoms with E-state index in [0.29, 0.717) is 5.69 Å². The molecule has 1 rings (SSSR count). The maximum absolute atomic E-state index is 11.9. The van der Waals surface area contributed by atoms with Crippen molar-refractivity contribution in [2.24, 2.45) is 0 Å². The molecule has 0 aromatic carbocycles. The minimum Gasteiger partial charge on any atom is -0.505 e. The van der Waals surface area contributed by atoms with Crippen LogP contribution >= 0.6 is 0 Å². The number of aromatic nitrogens is 1. The largest absolute Gasteiger partial charge is 0.505 e. The molecule has 1 unspecified atom stereocenters. The van der Waals surface area contributed by atoms with Gasteiger partial charge in [-0.2, -0.15) is 0 Å². The van der Waals surface area contributed by atoms with Crippen molar-refractivity contribution in [1.82, 2.24) is 4.98 Å². The molecule has 6 heteroatoms. The summed E-state index contributed by atoms with van der Waals surface area (Å²) in [6.07, 6.45) is 0.749. The van der Waals surface area contributed by atoms with Gasteiger partial charge in [-0.1, -0.05) is 13.8 Å². The molecule has 1 heterocycles. The van der Waals surface area contributed by atoms with E-state index in [1.165, 1.54) is 0 Å². The number of carbonyl (C=O) groups excluding carboxylic acids is 2. The first-order valence-electron chi connectivity index (χ1n) is 6.76. The highest BCUT2D eigenvalue weighted by Crippen LogP contribution is 2.33. The van der Waals surface area contributed by atoms with Crippen LogP contribution in [-0.2, 0) is 9.47 Å².